The van der Waals surface area contributed by atoms with Crippen LogP contribution in [0, 0.1) is 6.92 Å². The second-order valence-electron chi connectivity index (χ2n) is 8.71. The van der Waals surface area contributed by atoms with Crippen molar-refractivity contribution in [3.05, 3.63) is 83.9 Å². The van der Waals surface area contributed by atoms with Gasteiger partial charge in [0.2, 0.25) is 0 Å². The number of methoxy groups -OCH3 is 1. The van der Waals surface area contributed by atoms with E-state index in [1.54, 1.807) is 30.3 Å². The third kappa shape index (κ3) is 5.54. The number of ether oxygens (including phenoxy) is 2. The number of anilines is 1. The summed E-state index contributed by atoms with van der Waals surface area (Å²) >= 11 is 0. The third-order valence-corrected chi connectivity index (χ3v) is 6.90. The van der Waals surface area contributed by atoms with E-state index < -0.39 is 22.5 Å². The molecule has 0 aliphatic heterocycles. The Balaban J connectivity index is 1.97. The van der Waals surface area contributed by atoms with Crippen molar-refractivity contribution in [2.45, 2.75) is 38.0 Å². The summed E-state index contributed by atoms with van der Waals surface area (Å²) < 4.78 is 38.8. The van der Waals surface area contributed by atoms with Crippen LogP contribution >= 0.6 is 0 Å². The molecular weight excluding hydrogens is 438 g/mol. The summed E-state index contributed by atoms with van der Waals surface area (Å²) in [4.78, 5) is 13.3. The number of hydrogen-bond acceptors (Lipinski definition) is 5. The summed E-state index contributed by atoms with van der Waals surface area (Å²) in [6.07, 6.45) is 0. The highest BCUT2D eigenvalue weighted by molar-refractivity contribution is 7.93. The van der Waals surface area contributed by atoms with E-state index in [1.165, 1.54) is 31.4 Å². The van der Waals surface area contributed by atoms with Crippen LogP contribution in [-0.4, -0.2) is 28.0 Å². The average molecular weight is 468 g/mol. The topological polar surface area (TPSA) is 72.9 Å². The molecule has 33 heavy (non-hydrogen) atoms. The van der Waals surface area contributed by atoms with Crippen LogP contribution in [0.4, 0.5) is 5.69 Å². The van der Waals surface area contributed by atoms with Gasteiger partial charge in [0.25, 0.3) is 15.9 Å². The first kappa shape index (κ1) is 24.3. The van der Waals surface area contributed by atoms with Crippen LogP contribution in [0.2, 0.25) is 0 Å². The quantitative estimate of drug-likeness (QED) is 0.483. The van der Waals surface area contributed by atoms with E-state index in [2.05, 4.69) is 0 Å². The monoisotopic (exact) mass is 467 g/mol. The van der Waals surface area contributed by atoms with Crippen LogP contribution in [-0.2, 0) is 20.2 Å². The van der Waals surface area contributed by atoms with Gasteiger partial charge in [0.05, 0.1) is 17.7 Å². The number of aryl methyl sites for hydroxylation is 1. The summed E-state index contributed by atoms with van der Waals surface area (Å²) in [7, 11) is -2.65. The van der Waals surface area contributed by atoms with Crippen LogP contribution in [0.3, 0.4) is 0 Å². The molecule has 0 atom stereocenters. The van der Waals surface area contributed by atoms with Crippen molar-refractivity contribution in [2.24, 2.45) is 0 Å². The number of sulfonamides is 1. The van der Waals surface area contributed by atoms with Gasteiger partial charge in [-0.05, 0) is 60.4 Å². The molecule has 0 aliphatic carbocycles. The number of hydrogen-bond donors (Lipinski definition) is 0. The van der Waals surface area contributed by atoms with Gasteiger partial charge in [-0.1, -0.05) is 56.7 Å². The highest BCUT2D eigenvalue weighted by Crippen LogP contribution is 2.31. The Morgan fingerprint density at radius 2 is 1.52 bits per heavy atom. The predicted molar refractivity (Wildman–Crippen MR) is 129 cm³/mol. The molecule has 3 rings (SSSR count). The lowest BCUT2D eigenvalue weighted by Gasteiger charge is -2.25. The fourth-order valence-electron chi connectivity index (χ4n) is 3.36. The van der Waals surface area contributed by atoms with E-state index in [-0.39, 0.29) is 16.0 Å². The molecule has 1 amide bonds. The minimum absolute atomic E-state index is 0.0207. The molecule has 0 spiro atoms. The molecule has 0 saturated heterocycles. The van der Waals surface area contributed by atoms with Gasteiger partial charge in [-0.3, -0.25) is 4.79 Å². The van der Waals surface area contributed by atoms with Crippen molar-refractivity contribution in [3.8, 4) is 11.5 Å². The summed E-state index contributed by atoms with van der Waals surface area (Å²) in [6.45, 7) is 7.56. The van der Waals surface area contributed by atoms with Gasteiger partial charge in [-0.2, -0.15) is 4.31 Å². The molecular formula is C26H29NO5S. The van der Waals surface area contributed by atoms with E-state index in [9.17, 15) is 13.2 Å². The number of carbonyl (C=O) groups is 1. The highest BCUT2D eigenvalue weighted by Gasteiger charge is 2.32. The smallest absolute Gasteiger partial charge is 0.278 e. The van der Waals surface area contributed by atoms with Gasteiger partial charge in [0, 0.05) is 0 Å². The van der Waals surface area contributed by atoms with Gasteiger partial charge in [0.1, 0.15) is 11.5 Å². The normalized spacial score (nSPS) is 11.7. The molecule has 0 saturated carbocycles. The summed E-state index contributed by atoms with van der Waals surface area (Å²) in [6, 6.07) is 20.1. The Morgan fingerprint density at radius 1 is 0.909 bits per heavy atom. The maximum atomic E-state index is 13.5. The number of rotatable bonds is 7. The summed E-state index contributed by atoms with van der Waals surface area (Å²) in [5, 5.41) is 0. The first-order valence-corrected chi connectivity index (χ1v) is 12.0. The Bertz CT molecular complexity index is 1210. The van der Waals surface area contributed by atoms with Crippen molar-refractivity contribution < 1.29 is 22.7 Å². The Morgan fingerprint density at radius 3 is 2.09 bits per heavy atom. The van der Waals surface area contributed by atoms with Gasteiger partial charge in [-0.15, -0.1) is 0 Å². The Kier molecular flexibility index (Phi) is 7.12. The molecule has 0 aromatic heterocycles. The Hall–Kier alpha value is -3.32. The number of para-hydroxylation sites is 1. The maximum absolute atomic E-state index is 13.5. The molecule has 6 nitrogen and oxygen atoms in total. The zero-order valence-corrected chi connectivity index (χ0v) is 20.3. The number of amides is 1. The molecule has 3 aromatic carbocycles. The van der Waals surface area contributed by atoms with Gasteiger partial charge in [0.15, 0.2) is 6.61 Å². The molecule has 0 N–H and O–H groups in total. The Labute approximate surface area is 195 Å². The van der Waals surface area contributed by atoms with Gasteiger partial charge >= 0.3 is 0 Å². The summed E-state index contributed by atoms with van der Waals surface area (Å²) in [5.41, 5.74) is 1.84. The number of benzene rings is 3. The minimum Gasteiger partial charge on any atom is -0.497 e. The van der Waals surface area contributed by atoms with Crippen LogP contribution in [0.15, 0.2) is 77.7 Å². The van der Waals surface area contributed by atoms with Crippen LogP contribution in [0.1, 0.15) is 31.9 Å². The molecule has 0 heterocycles. The predicted octanol–water partition coefficient (Wildman–Crippen LogP) is 5.10. The van der Waals surface area contributed by atoms with E-state index in [4.69, 9.17) is 9.47 Å². The van der Waals surface area contributed by atoms with E-state index in [0.29, 0.717) is 11.5 Å². The molecule has 0 unspecified atom stereocenters. The summed E-state index contributed by atoms with van der Waals surface area (Å²) in [5.74, 6) is 0.388. The molecule has 0 radical (unpaired) electrons. The molecule has 3 aromatic rings. The lowest BCUT2D eigenvalue weighted by atomic mass is 9.86. The van der Waals surface area contributed by atoms with E-state index >= 15 is 0 Å². The average Bonchev–Trinajstić information content (AvgIpc) is 2.78. The standard InChI is InChI=1S/C26H29NO5S/c1-19-10-16-22(17-11-19)33(29,30)27(20-12-14-21(31-5)15-13-20)25(28)18-32-24-9-7-6-8-23(24)26(2,3)4/h6-17H,18H2,1-5H3. The fraction of sp³-hybridized carbons (Fsp3) is 0.269. The van der Waals surface area contributed by atoms with E-state index in [1.807, 2.05) is 45.9 Å². The van der Waals surface area contributed by atoms with Crippen molar-refractivity contribution >= 4 is 21.6 Å². The first-order valence-electron chi connectivity index (χ1n) is 10.6. The zero-order chi connectivity index (χ0) is 24.2. The van der Waals surface area contributed by atoms with Gasteiger partial charge < -0.3 is 9.47 Å². The van der Waals surface area contributed by atoms with Crippen molar-refractivity contribution in [3.63, 3.8) is 0 Å². The minimum atomic E-state index is -4.17. The van der Waals surface area contributed by atoms with Crippen molar-refractivity contribution in [1.29, 1.82) is 0 Å². The molecule has 0 fully saturated rings. The molecule has 7 heteroatoms. The zero-order valence-electron chi connectivity index (χ0n) is 19.5. The molecule has 0 aliphatic rings. The first-order chi connectivity index (χ1) is 15.5. The highest BCUT2D eigenvalue weighted by atomic mass is 32.2. The SMILES string of the molecule is COc1ccc(N(C(=O)COc2ccccc2C(C)(C)C)S(=O)(=O)c2ccc(C)cc2)cc1. The third-order valence-electron chi connectivity index (χ3n) is 5.14. The fourth-order valence-corrected chi connectivity index (χ4v) is 4.77. The second-order valence-corrected chi connectivity index (χ2v) is 10.5. The second kappa shape index (κ2) is 9.67. The number of nitrogens with zero attached hydrogens (tertiary/aromatic N) is 1. The van der Waals surface area contributed by atoms with Crippen LogP contribution < -0.4 is 13.8 Å². The molecule has 0 bridgehead atoms. The number of carbonyl (C=O) groups excluding carboxylic acids is 1. The van der Waals surface area contributed by atoms with Crippen LogP contribution in [0.25, 0.3) is 0 Å². The largest absolute Gasteiger partial charge is 0.497 e. The lowest BCUT2D eigenvalue weighted by molar-refractivity contribution is -0.119. The molecule has 174 valence electrons. The van der Waals surface area contributed by atoms with Crippen LogP contribution in [0.5, 0.6) is 11.5 Å². The maximum Gasteiger partial charge on any atom is 0.278 e. The van der Waals surface area contributed by atoms with E-state index in [0.717, 1.165) is 15.4 Å². The lowest BCUT2D eigenvalue weighted by Crippen LogP contribution is -2.40. The van der Waals surface area contributed by atoms with Crippen molar-refractivity contribution in [2.75, 3.05) is 18.0 Å². The van der Waals surface area contributed by atoms with Gasteiger partial charge in [-0.25, -0.2) is 8.42 Å². The van der Waals surface area contributed by atoms with Crippen molar-refractivity contribution in [1.82, 2.24) is 0 Å².